The average molecular weight is 313 g/mol. The Balaban J connectivity index is 2.08. The minimum Gasteiger partial charge on any atom is -0.494 e. The second kappa shape index (κ2) is 6.66. The number of rotatable bonds is 6. The van der Waals surface area contributed by atoms with E-state index in [0.29, 0.717) is 31.0 Å². The number of benzene rings is 1. The van der Waals surface area contributed by atoms with Crippen LogP contribution < -0.4 is 10.3 Å². The molecule has 1 aromatic carbocycles. The molecule has 0 aliphatic carbocycles. The fourth-order valence-corrected chi connectivity index (χ4v) is 2.58. The lowest BCUT2D eigenvalue weighted by atomic mass is 10.1. The predicted octanol–water partition coefficient (Wildman–Crippen LogP) is 2.17. The lowest BCUT2D eigenvalue weighted by Gasteiger charge is -2.08. The molecule has 120 valence electrons. The molecule has 0 amide bonds. The monoisotopic (exact) mass is 313 g/mol. The van der Waals surface area contributed by atoms with Crippen LogP contribution >= 0.6 is 0 Å². The Morgan fingerprint density at radius 2 is 2.22 bits per heavy atom. The van der Waals surface area contributed by atoms with Crippen LogP contribution in [0.2, 0.25) is 0 Å². The summed E-state index contributed by atoms with van der Waals surface area (Å²) >= 11 is 0. The molecule has 6 nitrogen and oxygen atoms in total. The zero-order valence-electron chi connectivity index (χ0n) is 13.0. The third-order valence-corrected chi connectivity index (χ3v) is 3.64. The summed E-state index contributed by atoms with van der Waals surface area (Å²) in [7, 11) is 0. The first-order valence-corrected chi connectivity index (χ1v) is 7.65. The quantitative estimate of drug-likeness (QED) is 0.731. The van der Waals surface area contributed by atoms with Crippen molar-refractivity contribution in [3.05, 3.63) is 47.0 Å². The van der Waals surface area contributed by atoms with Crippen LogP contribution in [-0.4, -0.2) is 32.9 Å². The molecule has 6 heteroatoms. The number of nitrogens with zero attached hydrogens (tertiary/aromatic N) is 2. The van der Waals surface area contributed by atoms with Gasteiger partial charge in [-0.2, -0.15) is 0 Å². The number of aromatic amines is 1. The Labute approximate surface area is 133 Å². The second-order valence-electron chi connectivity index (χ2n) is 5.22. The molecule has 3 aromatic rings. The van der Waals surface area contributed by atoms with E-state index in [1.807, 2.05) is 42.0 Å². The molecule has 3 rings (SSSR count). The Hall–Kier alpha value is -2.60. The van der Waals surface area contributed by atoms with E-state index >= 15 is 0 Å². The molecule has 23 heavy (non-hydrogen) atoms. The summed E-state index contributed by atoms with van der Waals surface area (Å²) < 4.78 is 7.39. The number of aryl methyl sites for hydroxylation is 1. The van der Waals surface area contributed by atoms with Crippen LogP contribution in [0.5, 0.6) is 5.75 Å². The number of hydrogen-bond donors (Lipinski definition) is 2. The van der Waals surface area contributed by atoms with Crippen LogP contribution in [0, 0.1) is 0 Å². The van der Waals surface area contributed by atoms with Gasteiger partial charge >= 0.3 is 0 Å². The van der Waals surface area contributed by atoms with E-state index in [1.54, 1.807) is 6.20 Å². The Bertz CT molecular complexity index is 867. The largest absolute Gasteiger partial charge is 0.494 e. The van der Waals surface area contributed by atoms with Crippen LogP contribution in [-0.2, 0) is 6.54 Å². The highest BCUT2D eigenvalue weighted by atomic mass is 16.5. The Morgan fingerprint density at radius 3 is 3.00 bits per heavy atom. The summed E-state index contributed by atoms with van der Waals surface area (Å²) in [6, 6.07) is 7.40. The predicted molar refractivity (Wildman–Crippen MR) is 88.7 cm³/mol. The van der Waals surface area contributed by atoms with Gasteiger partial charge in [-0.05, 0) is 37.6 Å². The minimum atomic E-state index is -0.182. The number of imidazole rings is 1. The maximum absolute atomic E-state index is 12.4. The molecule has 0 saturated carbocycles. The molecule has 0 aliphatic heterocycles. The van der Waals surface area contributed by atoms with Gasteiger partial charge in [0, 0.05) is 36.4 Å². The normalized spacial score (nSPS) is 11.0. The van der Waals surface area contributed by atoms with E-state index in [0.717, 1.165) is 16.7 Å². The van der Waals surface area contributed by atoms with E-state index in [1.165, 1.54) is 0 Å². The third kappa shape index (κ3) is 3.12. The van der Waals surface area contributed by atoms with Crippen molar-refractivity contribution in [1.82, 2.24) is 14.5 Å². The summed E-state index contributed by atoms with van der Waals surface area (Å²) in [5, 5.41) is 9.88. The molecular formula is C17H19N3O3. The first kappa shape index (κ1) is 15.3. The van der Waals surface area contributed by atoms with Gasteiger partial charge in [0.1, 0.15) is 11.6 Å². The Kier molecular flexibility index (Phi) is 4.43. The third-order valence-electron chi connectivity index (χ3n) is 3.64. The maximum atomic E-state index is 12.4. The molecule has 0 aliphatic rings. The molecule has 0 fully saturated rings. The van der Waals surface area contributed by atoms with Gasteiger partial charge in [0.05, 0.1) is 12.2 Å². The van der Waals surface area contributed by atoms with Gasteiger partial charge in [0.25, 0.3) is 5.56 Å². The SMILES string of the molecule is CCOc1ccc2[nH]c(=O)c(-c3nccn3CCCO)cc2c1. The van der Waals surface area contributed by atoms with Gasteiger partial charge in [-0.3, -0.25) is 4.79 Å². The maximum Gasteiger partial charge on any atom is 0.259 e. The lowest BCUT2D eigenvalue weighted by Crippen LogP contribution is -2.12. The number of aliphatic hydroxyl groups excluding tert-OH is 1. The van der Waals surface area contributed by atoms with Gasteiger partial charge in [-0.25, -0.2) is 4.98 Å². The number of ether oxygens (including phenoxy) is 1. The number of pyridine rings is 1. The van der Waals surface area contributed by atoms with E-state index in [2.05, 4.69) is 9.97 Å². The van der Waals surface area contributed by atoms with Crippen LogP contribution in [0.15, 0.2) is 41.5 Å². The van der Waals surface area contributed by atoms with Crippen LogP contribution in [0.3, 0.4) is 0 Å². The van der Waals surface area contributed by atoms with Crippen molar-refractivity contribution in [1.29, 1.82) is 0 Å². The van der Waals surface area contributed by atoms with Crippen molar-refractivity contribution < 1.29 is 9.84 Å². The van der Waals surface area contributed by atoms with Crippen molar-refractivity contribution in [3.8, 4) is 17.1 Å². The van der Waals surface area contributed by atoms with Crippen molar-refractivity contribution in [3.63, 3.8) is 0 Å². The first-order chi connectivity index (χ1) is 11.2. The summed E-state index contributed by atoms with van der Waals surface area (Å²) in [5.74, 6) is 1.37. The van der Waals surface area contributed by atoms with Crippen molar-refractivity contribution >= 4 is 10.9 Å². The van der Waals surface area contributed by atoms with Crippen LogP contribution in [0.4, 0.5) is 0 Å². The molecule has 2 aromatic heterocycles. The van der Waals surface area contributed by atoms with E-state index in [-0.39, 0.29) is 12.2 Å². The highest BCUT2D eigenvalue weighted by Crippen LogP contribution is 2.22. The highest BCUT2D eigenvalue weighted by molar-refractivity contribution is 5.83. The van der Waals surface area contributed by atoms with E-state index in [4.69, 9.17) is 9.84 Å². The summed E-state index contributed by atoms with van der Waals surface area (Å²) in [5.41, 5.74) is 1.09. The number of aromatic nitrogens is 3. The zero-order valence-corrected chi connectivity index (χ0v) is 13.0. The van der Waals surface area contributed by atoms with Crippen LogP contribution in [0.25, 0.3) is 22.3 Å². The average Bonchev–Trinajstić information content (AvgIpc) is 3.01. The number of hydrogen-bond acceptors (Lipinski definition) is 4. The number of H-pyrrole nitrogens is 1. The number of nitrogens with one attached hydrogen (secondary N) is 1. The van der Waals surface area contributed by atoms with E-state index < -0.39 is 0 Å². The van der Waals surface area contributed by atoms with Gasteiger partial charge in [-0.1, -0.05) is 0 Å². The molecule has 2 N–H and O–H groups in total. The smallest absolute Gasteiger partial charge is 0.259 e. The topological polar surface area (TPSA) is 80.1 Å². The summed E-state index contributed by atoms with van der Waals surface area (Å²) in [6.45, 7) is 3.24. The number of aliphatic hydroxyl groups is 1. The molecule has 0 spiro atoms. The molecule has 0 saturated heterocycles. The van der Waals surface area contributed by atoms with Crippen LogP contribution in [0.1, 0.15) is 13.3 Å². The number of fused-ring (bicyclic) bond motifs is 1. The zero-order chi connectivity index (χ0) is 16.2. The summed E-state index contributed by atoms with van der Waals surface area (Å²) in [4.78, 5) is 19.6. The standard InChI is InChI=1S/C17H19N3O3/c1-2-23-13-4-5-15-12(10-13)11-14(17(22)19-15)16-18-6-8-20(16)7-3-9-21/h4-6,8,10-11,21H,2-3,7,9H2,1H3,(H,19,22). The van der Waals surface area contributed by atoms with Crippen molar-refractivity contribution in [2.75, 3.05) is 13.2 Å². The fraction of sp³-hybridized carbons (Fsp3) is 0.294. The molecule has 0 atom stereocenters. The molecule has 2 heterocycles. The Morgan fingerprint density at radius 1 is 1.35 bits per heavy atom. The van der Waals surface area contributed by atoms with Gasteiger partial charge in [0.15, 0.2) is 0 Å². The molecule has 0 unspecified atom stereocenters. The molecule has 0 radical (unpaired) electrons. The minimum absolute atomic E-state index is 0.101. The van der Waals surface area contributed by atoms with Gasteiger partial charge in [-0.15, -0.1) is 0 Å². The highest BCUT2D eigenvalue weighted by Gasteiger charge is 2.12. The lowest BCUT2D eigenvalue weighted by molar-refractivity contribution is 0.280. The van der Waals surface area contributed by atoms with E-state index in [9.17, 15) is 4.79 Å². The molecule has 0 bridgehead atoms. The fourth-order valence-electron chi connectivity index (χ4n) is 2.58. The van der Waals surface area contributed by atoms with Gasteiger partial charge in [0.2, 0.25) is 0 Å². The summed E-state index contributed by atoms with van der Waals surface area (Å²) in [6.07, 6.45) is 4.08. The van der Waals surface area contributed by atoms with Crippen molar-refractivity contribution in [2.45, 2.75) is 19.9 Å². The second-order valence-corrected chi connectivity index (χ2v) is 5.22. The molecular weight excluding hydrogens is 294 g/mol. The van der Waals surface area contributed by atoms with Gasteiger partial charge < -0.3 is 19.4 Å². The van der Waals surface area contributed by atoms with Crippen molar-refractivity contribution in [2.24, 2.45) is 0 Å². The first-order valence-electron chi connectivity index (χ1n) is 7.65.